The van der Waals surface area contributed by atoms with Crippen molar-refractivity contribution in [2.45, 2.75) is 32.0 Å². The highest BCUT2D eigenvalue weighted by Gasteiger charge is 2.24. The van der Waals surface area contributed by atoms with Crippen LogP contribution in [-0.2, 0) is 11.3 Å². The normalized spacial score (nSPS) is 16.1. The summed E-state index contributed by atoms with van der Waals surface area (Å²) in [4.78, 5) is 11.4. The molecule has 0 saturated heterocycles. The summed E-state index contributed by atoms with van der Waals surface area (Å²) in [5, 5.41) is 12.2. The van der Waals surface area contributed by atoms with Crippen LogP contribution >= 0.6 is 0 Å². The van der Waals surface area contributed by atoms with Crippen molar-refractivity contribution in [3.05, 3.63) is 35.9 Å². The summed E-state index contributed by atoms with van der Waals surface area (Å²) in [6, 6.07) is 9.51. The zero-order valence-corrected chi connectivity index (χ0v) is 10.3. The molecule has 4 heteroatoms. The topological polar surface area (TPSA) is 58.6 Å². The van der Waals surface area contributed by atoms with Crippen LogP contribution in [0.4, 0.5) is 4.79 Å². The molecule has 1 amide bonds. The molecule has 0 aromatic heterocycles. The van der Waals surface area contributed by atoms with E-state index in [1.807, 2.05) is 30.3 Å². The van der Waals surface area contributed by atoms with Crippen LogP contribution in [0.15, 0.2) is 30.3 Å². The number of aliphatic hydroxyl groups is 1. The Bertz CT molecular complexity index is 376. The smallest absolute Gasteiger partial charge is 0.407 e. The van der Waals surface area contributed by atoms with E-state index < -0.39 is 12.2 Å². The van der Waals surface area contributed by atoms with E-state index in [0.717, 1.165) is 12.0 Å². The molecule has 1 atom stereocenters. The van der Waals surface area contributed by atoms with Crippen molar-refractivity contribution in [3.8, 4) is 0 Å². The molecule has 1 aromatic carbocycles. The van der Waals surface area contributed by atoms with E-state index in [9.17, 15) is 9.90 Å². The van der Waals surface area contributed by atoms with E-state index in [4.69, 9.17) is 4.74 Å². The lowest BCUT2D eigenvalue weighted by atomic mass is 10.2. The van der Waals surface area contributed by atoms with Crippen LogP contribution in [0, 0.1) is 5.92 Å². The Kier molecular flexibility index (Phi) is 4.59. The second-order valence-electron chi connectivity index (χ2n) is 4.78. The third-order valence-electron chi connectivity index (χ3n) is 3.00. The van der Waals surface area contributed by atoms with Crippen molar-refractivity contribution in [1.29, 1.82) is 0 Å². The first-order valence-corrected chi connectivity index (χ1v) is 6.36. The summed E-state index contributed by atoms with van der Waals surface area (Å²) < 4.78 is 5.04. The summed E-state index contributed by atoms with van der Waals surface area (Å²) in [6.45, 7) is 0.523. The monoisotopic (exact) mass is 249 g/mol. The molecule has 1 unspecified atom stereocenters. The van der Waals surface area contributed by atoms with Crippen LogP contribution < -0.4 is 5.32 Å². The summed E-state index contributed by atoms with van der Waals surface area (Å²) in [6.07, 6.45) is 2.25. The molecule has 0 aliphatic heterocycles. The van der Waals surface area contributed by atoms with Gasteiger partial charge in [-0.15, -0.1) is 0 Å². The zero-order valence-electron chi connectivity index (χ0n) is 10.3. The number of amides is 1. The molecule has 98 valence electrons. The summed E-state index contributed by atoms with van der Waals surface area (Å²) in [5.74, 6) is 0.655. The number of benzene rings is 1. The van der Waals surface area contributed by atoms with Crippen molar-refractivity contribution in [2.75, 3.05) is 6.54 Å². The lowest BCUT2D eigenvalue weighted by Crippen LogP contribution is -2.32. The van der Waals surface area contributed by atoms with Gasteiger partial charge < -0.3 is 15.2 Å². The fourth-order valence-corrected chi connectivity index (χ4v) is 1.80. The van der Waals surface area contributed by atoms with Gasteiger partial charge in [-0.3, -0.25) is 0 Å². The minimum Gasteiger partial charge on any atom is -0.445 e. The number of alkyl carbamates (subject to hydrolysis) is 1. The van der Waals surface area contributed by atoms with E-state index >= 15 is 0 Å². The molecule has 1 aliphatic rings. The van der Waals surface area contributed by atoms with Gasteiger partial charge in [0, 0.05) is 6.54 Å². The van der Waals surface area contributed by atoms with Gasteiger partial charge in [-0.25, -0.2) is 4.79 Å². The number of hydrogen-bond donors (Lipinski definition) is 2. The largest absolute Gasteiger partial charge is 0.445 e. The van der Waals surface area contributed by atoms with Crippen molar-refractivity contribution < 1.29 is 14.6 Å². The maximum Gasteiger partial charge on any atom is 0.407 e. The Labute approximate surface area is 107 Å². The minimum atomic E-state index is -0.478. The SMILES string of the molecule is O=C(NCC(O)CC1CC1)OCc1ccccc1. The second-order valence-corrected chi connectivity index (χ2v) is 4.78. The highest BCUT2D eigenvalue weighted by Crippen LogP contribution is 2.33. The van der Waals surface area contributed by atoms with Gasteiger partial charge in [-0.1, -0.05) is 43.2 Å². The Hall–Kier alpha value is -1.55. The van der Waals surface area contributed by atoms with Crippen LogP contribution in [-0.4, -0.2) is 23.8 Å². The van der Waals surface area contributed by atoms with Gasteiger partial charge in [-0.05, 0) is 17.9 Å². The molecule has 1 fully saturated rings. The molecule has 0 radical (unpaired) electrons. The average molecular weight is 249 g/mol. The first-order valence-electron chi connectivity index (χ1n) is 6.36. The van der Waals surface area contributed by atoms with Crippen molar-refractivity contribution in [3.63, 3.8) is 0 Å². The Morgan fingerprint density at radius 3 is 2.78 bits per heavy atom. The number of carbonyl (C=O) groups excluding carboxylic acids is 1. The number of hydrogen-bond acceptors (Lipinski definition) is 3. The van der Waals surface area contributed by atoms with Gasteiger partial charge in [0.25, 0.3) is 0 Å². The molecule has 2 rings (SSSR count). The predicted octanol–water partition coefficient (Wildman–Crippen LogP) is 2.07. The van der Waals surface area contributed by atoms with Crippen LogP contribution in [0.3, 0.4) is 0 Å². The van der Waals surface area contributed by atoms with Gasteiger partial charge in [0.2, 0.25) is 0 Å². The van der Waals surface area contributed by atoms with Gasteiger partial charge in [0.05, 0.1) is 6.10 Å². The molecule has 1 saturated carbocycles. The molecule has 18 heavy (non-hydrogen) atoms. The van der Waals surface area contributed by atoms with Gasteiger partial charge >= 0.3 is 6.09 Å². The summed E-state index contributed by atoms with van der Waals surface area (Å²) in [5.41, 5.74) is 0.950. The van der Waals surface area contributed by atoms with E-state index in [1.165, 1.54) is 12.8 Å². The molecule has 0 bridgehead atoms. The van der Waals surface area contributed by atoms with Crippen molar-refractivity contribution in [1.82, 2.24) is 5.32 Å². The minimum absolute atomic E-state index is 0.255. The molecule has 4 nitrogen and oxygen atoms in total. The quantitative estimate of drug-likeness (QED) is 0.811. The molecular formula is C14H19NO3. The summed E-state index contributed by atoms with van der Waals surface area (Å²) in [7, 11) is 0. The molecular weight excluding hydrogens is 230 g/mol. The Morgan fingerprint density at radius 2 is 2.11 bits per heavy atom. The van der Waals surface area contributed by atoms with Gasteiger partial charge in [-0.2, -0.15) is 0 Å². The zero-order chi connectivity index (χ0) is 12.8. The number of nitrogens with one attached hydrogen (secondary N) is 1. The number of ether oxygens (including phenoxy) is 1. The maximum atomic E-state index is 11.4. The van der Waals surface area contributed by atoms with E-state index in [0.29, 0.717) is 5.92 Å². The van der Waals surface area contributed by atoms with Crippen LogP contribution in [0.5, 0.6) is 0 Å². The molecule has 1 aromatic rings. The average Bonchev–Trinajstić information content (AvgIpc) is 3.19. The van der Waals surface area contributed by atoms with Crippen LogP contribution in [0.25, 0.3) is 0 Å². The van der Waals surface area contributed by atoms with Crippen molar-refractivity contribution >= 4 is 6.09 Å². The van der Waals surface area contributed by atoms with Crippen LogP contribution in [0.1, 0.15) is 24.8 Å². The Balaban J connectivity index is 1.59. The maximum absolute atomic E-state index is 11.4. The summed E-state index contributed by atoms with van der Waals surface area (Å²) >= 11 is 0. The lowest BCUT2D eigenvalue weighted by molar-refractivity contribution is 0.121. The lowest BCUT2D eigenvalue weighted by Gasteiger charge is -2.11. The first-order chi connectivity index (χ1) is 8.74. The third kappa shape index (κ3) is 4.75. The van der Waals surface area contributed by atoms with Gasteiger partial charge in [0.15, 0.2) is 0 Å². The molecule has 0 heterocycles. The first kappa shape index (κ1) is 12.9. The number of rotatable bonds is 6. The second kappa shape index (κ2) is 6.40. The van der Waals surface area contributed by atoms with Crippen molar-refractivity contribution in [2.24, 2.45) is 5.92 Å². The fourth-order valence-electron chi connectivity index (χ4n) is 1.80. The highest BCUT2D eigenvalue weighted by molar-refractivity contribution is 5.67. The van der Waals surface area contributed by atoms with E-state index in [2.05, 4.69) is 5.32 Å². The molecule has 0 spiro atoms. The van der Waals surface area contributed by atoms with Gasteiger partial charge in [0.1, 0.15) is 6.61 Å². The highest BCUT2D eigenvalue weighted by atomic mass is 16.5. The van der Waals surface area contributed by atoms with Crippen LogP contribution in [0.2, 0.25) is 0 Å². The number of carbonyl (C=O) groups is 1. The van der Waals surface area contributed by atoms with E-state index in [-0.39, 0.29) is 13.2 Å². The molecule has 2 N–H and O–H groups in total. The predicted molar refractivity (Wildman–Crippen MR) is 68.0 cm³/mol. The number of aliphatic hydroxyl groups excluding tert-OH is 1. The third-order valence-corrected chi connectivity index (χ3v) is 3.00. The van der Waals surface area contributed by atoms with E-state index in [1.54, 1.807) is 0 Å². The molecule has 1 aliphatic carbocycles. The standard InChI is InChI=1S/C14H19NO3/c16-13(8-11-6-7-11)9-15-14(17)18-10-12-4-2-1-3-5-12/h1-5,11,13,16H,6-10H2,(H,15,17). The Morgan fingerprint density at radius 1 is 1.39 bits per heavy atom. The fraction of sp³-hybridized carbons (Fsp3) is 0.500.